The Morgan fingerprint density at radius 3 is 2.75 bits per heavy atom. The SMILES string of the molecule is CCC[C@H]1CC(=O)N([C@@H](CC)C(=O)OC)C1. The summed E-state index contributed by atoms with van der Waals surface area (Å²) in [5.74, 6) is 0.208. The van der Waals surface area contributed by atoms with E-state index in [9.17, 15) is 9.59 Å². The summed E-state index contributed by atoms with van der Waals surface area (Å²) in [6.45, 7) is 4.73. The Kier molecular flexibility index (Phi) is 4.77. The first-order valence-electron chi connectivity index (χ1n) is 6.01. The minimum absolute atomic E-state index is 0.0932. The van der Waals surface area contributed by atoms with Crippen molar-refractivity contribution >= 4 is 11.9 Å². The molecule has 0 spiro atoms. The first kappa shape index (κ1) is 13.0. The fourth-order valence-electron chi connectivity index (χ4n) is 2.36. The van der Waals surface area contributed by atoms with Crippen molar-refractivity contribution in [2.24, 2.45) is 5.92 Å². The molecule has 0 aliphatic carbocycles. The molecule has 1 amide bonds. The fourth-order valence-corrected chi connectivity index (χ4v) is 2.36. The van der Waals surface area contributed by atoms with Crippen LogP contribution in [0.2, 0.25) is 0 Å². The lowest BCUT2D eigenvalue weighted by molar-refractivity contribution is -0.151. The van der Waals surface area contributed by atoms with Crippen molar-refractivity contribution < 1.29 is 14.3 Å². The summed E-state index contributed by atoms with van der Waals surface area (Å²) in [6.07, 6.45) is 3.35. The van der Waals surface area contributed by atoms with Crippen LogP contribution < -0.4 is 0 Å². The molecule has 16 heavy (non-hydrogen) atoms. The predicted octanol–water partition coefficient (Wildman–Crippen LogP) is 1.59. The molecule has 1 aliphatic rings. The Morgan fingerprint density at radius 1 is 1.56 bits per heavy atom. The molecule has 0 N–H and O–H groups in total. The maximum atomic E-state index is 11.8. The molecule has 4 heteroatoms. The number of hydrogen-bond donors (Lipinski definition) is 0. The third-order valence-electron chi connectivity index (χ3n) is 3.17. The predicted molar refractivity (Wildman–Crippen MR) is 60.8 cm³/mol. The summed E-state index contributed by atoms with van der Waals surface area (Å²) in [6, 6.07) is -0.389. The summed E-state index contributed by atoms with van der Waals surface area (Å²) in [5.41, 5.74) is 0. The van der Waals surface area contributed by atoms with Crippen molar-refractivity contribution in [3.8, 4) is 0 Å². The highest BCUT2D eigenvalue weighted by Gasteiger charge is 2.36. The van der Waals surface area contributed by atoms with Crippen molar-refractivity contribution in [3.05, 3.63) is 0 Å². The summed E-state index contributed by atoms with van der Waals surface area (Å²) in [7, 11) is 1.37. The van der Waals surface area contributed by atoms with Gasteiger partial charge < -0.3 is 9.64 Å². The average molecular weight is 227 g/mol. The van der Waals surface area contributed by atoms with Crippen LogP contribution in [0.25, 0.3) is 0 Å². The van der Waals surface area contributed by atoms with Gasteiger partial charge >= 0.3 is 5.97 Å². The number of amides is 1. The highest BCUT2D eigenvalue weighted by atomic mass is 16.5. The van der Waals surface area contributed by atoms with Crippen molar-refractivity contribution in [2.75, 3.05) is 13.7 Å². The Hall–Kier alpha value is -1.06. The molecule has 4 nitrogen and oxygen atoms in total. The fraction of sp³-hybridized carbons (Fsp3) is 0.833. The highest BCUT2D eigenvalue weighted by molar-refractivity contribution is 5.86. The second kappa shape index (κ2) is 5.87. The largest absolute Gasteiger partial charge is 0.467 e. The van der Waals surface area contributed by atoms with E-state index in [-0.39, 0.29) is 17.9 Å². The van der Waals surface area contributed by atoms with Crippen molar-refractivity contribution in [1.29, 1.82) is 0 Å². The lowest BCUT2D eigenvalue weighted by Crippen LogP contribution is -2.42. The number of methoxy groups -OCH3 is 1. The Balaban J connectivity index is 2.65. The molecule has 1 saturated heterocycles. The standard InChI is InChI=1S/C12H21NO3/c1-4-6-9-7-11(14)13(8-9)10(5-2)12(15)16-3/h9-10H,4-8H2,1-3H3/t9-,10-/m0/s1. The molecule has 0 aromatic rings. The van der Waals surface area contributed by atoms with E-state index in [0.29, 0.717) is 25.3 Å². The zero-order valence-electron chi connectivity index (χ0n) is 10.4. The molecule has 1 fully saturated rings. The molecule has 2 atom stereocenters. The number of carbonyl (C=O) groups excluding carboxylic acids is 2. The van der Waals surface area contributed by atoms with Crippen LogP contribution in [0.1, 0.15) is 39.5 Å². The quantitative estimate of drug-likeness (QED) is 0.670. The maximum absolute atomic E-state index is 11.8. The van der Waals surface area contributed by atoms with E-state index >= 15 is 0 Å². The van der Waals surface area contributed by atoms with Crippen LogP contribution in [0.15, 0.2) is 0 Å². The van der Waals surface area contributed by atoms with Crippen molar-refractivity contribution in [2.45, 2.75) is 45.6 Å². The Bertz CT molecular complexity index is 265. The van der Waals surface area contributed by atoms with Crippen molar-refractivity contribution in [3.63, 3.8) is 0 Å². The first-order chi connectivity index (χ1) is 7.63. The third kappa shape index (κ3) is 2.74. The molecule has 0 aromatic carbocycles. The number of rotatable bonds is 5. The van der Waals surface area contributed by atoms with Gasteiger partial charge in [-0.15, -0.1) is 0 Å². The number of nitrogens with zero attached hydrogens (tertiary/aromatic N) is 1. The highest BCUT2D eigenvalue weighted by Crippen LogP contribution is 2.25. The van der Waals surface area contributed by atoms with E-state index in [0.717, 1.165) is 12.8 Å². The lowest BCUT2D eigenvalue weighted by Gasteiger charge is -2.24. The summed E-state index contributed by atoms with van der Waals surface area (Å²) in [4.78, 5) is 25.0. The van der Waals surface area contributed by atoms with Crippen LogP contribution in [0, 0.1) is 5.92 Å². The first-order valence-corrected chi connectivity index (χ1v) is 6.01. The van der Waals surface area contributed by atoms with Gasteiger partial charge in [0.1, 0.15) is 6.04 Å². The van der Waals surface area contributed by atoms with Crippen LogP contribution >= 0.6 is 0 Å². The average Bonchev–Trinajstić information content (AvgIpc) is 2.61. The van der Waals surface area contributed by atoms with Crippen LogP contribution in [0.4, 0.5) is 0 Å². The number of esters is 1. The monoisotopic (exact) mass is 227 g/mol. The Morgan fingerprint density at radius 2 is 2.25 bits per heavy atom. The van der Waals surface area contributed by atoms with Gasteiger partial charge in [0.05, 0.1) is 7.11 Å². The van der Waals surface area contributed by atoms with Gasteiger partial charge in [-0.05, 0) is 18.8 Å². The summed E-state index contributed by atoms with van der Waals surface area (Å²) >= 11 is 0. The number of carbonyl (C=O) groups is 2. The van der Waals surface area contributed by atoms with Gasteiger partial charge in [0.2, 0.25) is 5.91 Å². The summed E-state index contributed by atoms with van der Waals surface area (Å²) in [5, 5.41) is 0. The smallest absolute Gasteiger partial charge is 0.328 e. The number of likely N-dealkylation sites (tertiary alicyclic amines) is 1. The molecule has 92 valence electrons. The van der Waals surface area contributed by atoms with Crippen LogP contribution in [0.3, 0.4) is 0 Å². The van der Waals surface area contributed by atoms with Crippen LogP contribution in [-0.4, -0.2) is 36.5 Å². The van der Waals surface area contributed by atoms with Gasteiger partial charge in [0.15, 0.2) is 0 Å². The second-order valence-electron chi connectivity index (χ2n) is 4.35. The molecular formula is C12H21NO3. The lowest BCUT2D eigenvalue weighted by atomic mass is 10.0. The van der Waals surface area contributed by atoms with Gasteiger partial charge in [-0.1, -0.05) is 20.3 Å². The van der Waals surface area contributed by atoms with Crippen molar-refractivity contribution in [1.82, 2.24) is 4.90 Å². The van der Waals surface area contributed by atoms with Gasteiger partial charge in [0.25, 0.3) is 0 Å². The van der Waals surface area contributed by atoms with E-state index in [4.69, 9.17) is 4.74 Å². The van der Waals surface area contributed by atoms with Gasteiger partial charge in [0, 0.05) is 13.0 Å². The minimum Gasteiger partial charge on any atom is -0.467 e. The third-order valence-corrected chi connectivity index (χ3v) is 3.17. The maximum Gasteiger partial charge on any atom is 0.328 e. The second-order valence-corrected chi connectivity index (χ2v) is 4.35. The number of ether oxygens (including phenoxy) is 1. The molecule has 1 heterocycles. The van der Waals surface area contributed by atoms with Crippen LogP contribution in [0.5, 0.6) is 0 Å². The van der Waals surface area contributed by atoms with Crippen LogP contribution in [-0.2, 0) is 14.3 Å². The molecule has 0 bridgehead atoms. The Labute approximate surface area is 96.9 Å². The molecule has 0 saturated carbocycles. The zero-order valence-corrected chi connectivity index (χ0v) is 10.4. The molecule has 0 radical (unpaired) electrons. The molecule has 0 unspecified atom stereocenters. The van der Waals surface area contributed by atoms with E-state index in [2.05, 4.69) is 6.92 Å². The normalized spacial score (nSPS) is 22.3. The number of hydrogen-bond acceptors (Lipinski definition) is 3. The minimum atomic E-state index is -0.389. The van der Waals surface area contributed by atoms with Gasteiger partial charge in [-0.3, -0.25) is 4.79 Å². The van der Waals surface area contributed by atoms with Gasteiger partial charge in [-0.2, -0.15) is 0 Å². The van der Waals surface area contributed by atoms with E-state index in [1.807, 2.05) is 6.92 Å². The molecule has 1 rings (SSSR count). The molecular weight excluding hydrogens is 206 g/mol. The van der Waals surface area contributed by atoms with E-state index in [1.165, 1.54) is 7.11 Å². The topological polar surface area (TPSA) is 46.6 Å². The van der Waals surface area contributed by atoms with E-state index in [1.54, 1.807) is 4.90 Å². The molecule has 0 aromatic heterocycles. The van der Waals surface area contributed by atoms with Gasteiger partial charge in [-0.25, -0.2) is 4.79 Å². The summed E-state index contributed by atoms with van der Waals surface area (Å²) < 4.78 is 4.73. The molecule has 1 aliphatic heterocycles. The zero-order chi connectivity index (χ0) is 12.1. The van der Waals surface area contributed by atoms with E-state index < -0.39 is 0 Å².